The lowest BCUT2D eigenvalue weighted by Crippen LogP contribution is -2.49. The molecule has 6 nitrogen and oxygen atoms in total. The summed E-state index contributed by atoms with van der Waals surface area (Å²) in [5.41, 5.74) is 0.878. The summed E-state index contributed by atoms with van der Waals surface area (Å²) in [5, 5.41) is 10.0. The number of hydrogen-bond donors (Lipinski definition) is 1. The summed E-state index contributed by atoms with van der Waals surface area (Å²) in [6.45, 7) is 2.35. The highest BCUT2D eigenvalue weighted by atomic mass is 35.5. The van der Waals surface area contributed by atoms with Crippen molar-refractivity contribution >= 4 is 40.9 Å². The molecule has 1 amide bonds. The molecule has 1 aliphatic heterocycles. The van der Waals surface area contributed by atoms with Gasteiger partial charge in [0.2, 0.25) is 5.91 Å². The molecule has 0 aliphatic carbocycles. The quantitative estimate of drug-likeness (QED) is 0.863. The van der Waals surface area contributed by atoms with Crippen LogP contribution in [0.5, 0.6) is 0 Å². The number of carboxylic acid groups (broad SMARTS) is 1. The number of halogens is 2. The number of benzene rings is 1. The molecular formula is C18H17Cl2N3O3. The summed E-state index contributed by atoms with van der Waals surface area (Å²) in [5.74, 6) is -0.361. The summed E-state index contributed by atoms with van der Waals surface area (Å²) in [4.78, 5) is 31.6. The van der Waals surface area contributed by atoms with Gasteiger partial charge in [0, 0.05) is 32.4 Å². The number of pyridine rings is 1. The van der Waals surface area contributed by atoms with Gasteiger partial charge in [-0.1, -0.05) is 35.3 Å². The van der Waals surface area contributed by atoms with Crippen molar-refractivity contribution in [3.63, 3.8) is 0 Å². The van der Waals surface area contributed by atoms with Gasteiger partial charge < -0.3 is 14.9 Å². The van der Waals surface area contributed by atoms with E-state index in [4.69, 9.17) is 28.3 Å². The zero-order valence-corrected chi connectivity index (χ0v) is 15.4. The number of anilines is 1. The second-order valence-electron chi connectivity index (χ2n) is 6.01. The predicted molar refractivity (Wildman–Crippen MR) is 100 cm³/mol. The van der Waals surface area contributed by atoms with Crippen molar-refractivity contribution in [2.45, 2.75) is 6.42 Å². The first-order valence-electron chi connectivity index (χ1n) is 8.10. The number of nitrogens with zero attached hydrogens (tertiary/aromatic N) is 3. The fourth-order valence-electron chi connectivity index (χ4n) is 2.91. The summed E-state index contributed by atoms with van der Waals surface area (Å²) in [6.07, 6.45) is 1.73. The van der Waals surface area contributed by atoms with Gasteiger partial charge in [-0.05, 0) is 23.8 Å². The van der Waals surface area contributed by atoms with Crippen molar-refractivity contribution in [2.75, 3.05) is 31.1 Å². The minimum Gasteiger partial charge on any atom is -0.478 e. The maximum absolute atomic E-state index is 12.5. The van der Waals surface area contributed by atoms with Crippen LogP contribution in [0.3, 0.4) is 0 Å². The second kappa shape index (κ2) is 7.93. The third kappa shape index (κ3) is 4.26. The first-order chi connectivity index (χ1) is 12.4. The molecule has 0 atom stereocenters. The van der Waals surface area contributed by atoms with Crippen LogP contribution in [0.1, 0.15) is 15.9 Å². The number of carboxylic acids is 1. The fourth-order valence-corrected chi connectivity index (χ4v) is 3.41. The topological polar surface area (TPSA) is 73.7 Å². The maximum Gasteiger partial charge on any atom is 0.335 e. The van der Waals surface area contributed by atoms with Crippen molar-refractivity contribution in [2.24, 2.45) is 0 Å². The zero-order chi connectivity index (χ0) is 18.7. The molecule has 1 N–H and O–H groups in total. The fraction of sp³-hybridized carbons (Fsp3) is 0.278. The molecule has 26 heavy (non-hydrogen) atoms. The Labute approximate surface area is 161 Å². The Morgan fingerprint density at radius 1 is 1.12 bits per heavy atom. The van der Waals surface area contributed by atoms with Crippen molar-refractivity contribution in [3.8, 4) is 0 Å². The van der Waals surface area contributed by atoms with Gasteiger partial charge >= 0.3 is 5.97 Å². The summed E-state index contributed by atoms with van der Waals surface area (Å²) >= 11 is 12.1. The van der Waals surface area contributed by atoms with Gasteiger partial charge in [0.1, 0.15) is 5.82 Å². The highest BCUT2D eigenvalue weighted by Gasteiger charge is 2.23. The Hall–Kier alpha value is -2.31. The molecule has 0 spiro atoms. The largest absolute Gasteiger partial charge is 0.478 e. The van der Waals surface area contributed by atoms with E-state index in [0.717, 1.165) is 0 Å². The highest BCUT2D eigenvalue weighted by Crippen LogP contribution is 2.26. The van der Waals surface area contributed by atoms with Gasteiger partial charge in [0.05, 0.1) is 22.0 Å². The van der Waals surface area contributed by atoms with Crippen LogP contribution in [0.25, 0.3) is 0 Å². The molecule has 1 saturated heterocycles. The molecule has 1 aromatic heterocycles. The third-order valence-corrected chi connectivity index (χ3v) is 4.73. The average molecular weight is 394 g/mol. The lowest BCUT2D eigenvalue weighted by atomic mass is 10.1. The van der Waals surface area contributed by atoms with Crippen molar-refractivity contribution in [1.29, 1.82) is 0 Å². The first kappa shape index (κ1) is 18.5. The number of amides is 1. The van der Waals surface area contributed by atoms with Crippen LogP contribution in [0.4, 0.5) is 5.82 Å². The van der Waals surface area contributed by atoms with E-state index in [-0.39, 0.29) is 17.9 Å². The van der Waals surface area contributed by atoms with E-state index in [1.165, 1.54) is 12.1 Å². The van der Waals surface area contributed by atoms with Crippen LogP contribution < -0.4 is 4.90 Å². The number of piperazine rings is 1. The Morgan fingerprint density at radius 2 is 1.85 bits per heavy atom. The molecule has 1 fully saturated rings. The van der Waals surface area contributed by atoms with Gasteiger partial charge in [-0.3, -0.25) is 4.79 Å². The number of aromatic nitrogens is 1. The Morgan fingerprint density at radius 3 is 2.50 bits per heavy atom. The van der Waals surface area contributed by atoms with Crippen molar-refractivity contribution in [1.82, 2.24) is 9.88 Å². The molecule has 0 radical (unpaired) electrons. The summed E-state index contributed by atoms with van der Waals surface area (Å²) in [6, 6.07) is 8.11. The number of carbonyl (C=O) groups excluding carboxylic acids is 1. The Bertz CT molecular complexity index is 836. The van der Waals surface area contributed by atoms with Crippen LogP contribution in [0.2, 0.25) is 10.0 Å². The van der Waals surface area contributed by atoms with E-state index in [1.807, 2.05) is 4.90 Å². The van der Waals surface area contributed by atoms with E-state index < -0.39 is 5.97 Å². The smallest absolute Gasteiger partial charge is 0.335 e. The molecule has 2 aromatic rings. The lowest BCUT2D eigenvalue weighted by molar-refractivity contribution is -0.130. The standard InChI is InChI=1S/C18H17Cl2N3O3/c19-14-10-15(20)17(21-11-14)23-6-4-22(5-7-23)16(24)9-12-2-1-3-13(8-12)18(25)26/h1-3,8,10-11H,4-7,9H2,(H,25,26). The third-order valence-electron chi connectivity index (χ3n) is 4.25. The summed E-state index contributed by atoms with van der Waals surface area (Å²) in [7, 11) is 0. The molecule has 0 saturated carbocycles. The molecule has 136 valence electrons. The minimum atomic E-state index is -1.000. The molecule has 1 aliphatic rings. The average Bonchev–Trinajstić information content (AvgIpc) is 2.62. The highest BCUT2D eigenvalue weighted by molar-refractivity contribution is 6.36. The Balaban J connectivity index is 1.60. The lowest BCUT2D eigenvalue weighted by Gasteiger charge is -2.35. The molecule has 0 bridgehead atoms. The number of rotatable bonds is 4. The number of aromatic carboxylic acids is 1. The van der Waals surface area contributed by atoms with Crippen LogP contribution in [0.15, 0.2) is 36.5 Å². The molecule has 1 aromatic carbocycles. The van der Waals surface area contributed by atoms with Crippen molar-refractivity contribution < 1.29 is 14.7 Å². The van der Waals surface area contributed by atoms with E-state index in [2.05, 4.69) is 4.98 Å². The zero-order valence-electron chi connectivity index (χ0n) is 13.9. The normalized spacial score (nSPS) is 14.4. The van der Waals surface area contributed by atoms with Crippen LogP contribution in [-0.2, 0) is 11.2 Å². The monoisotopic (exact) mass is 393 g/mol. The van der Waals surface area contributed by atoms with E-state index in [9.17, 15) is 9.59 Å². The summed E-state index contributed by atoms with van der Waals surface area (Å²) < 4.78 is 0. The van der Waals surface area contributed by atoms with Crippen molar-refractivity contribution in [3.05, 3.63) is 57.7 Å². The van der Waals surface area contributed by atoms with E-state index >= 15 is 0 Å². The predicted octanol–water partition coefficient (Wildman–Crippen LogP) is 2.98. The van der Waals surface area contributed by atoms with Gasteiger partial charge in [0.15, 0.2) is 0 Å². The molecule has 2 heterocycles. The molecule has 3 rings (SSSR count). The van der Waals surface area contributed by atoms with Crippen LogP contribution in [-0.4, -0.2) is 53.0 Å². The van der Waals surface area contributed by atoms with E-state index in [1.54, 1.807) is 29.3 Å². The van der Waals surface area contributed by atoms with Gasteiger partial charge in [0.25, 0.3) is 0 Å². The van der Waals surface area contributed by atoms with E-state index in [0.29, 0.717) is 47.6 Å². The minimum absolute atomic E-state index is 0.0256. The second-order valence-corrected chi connectivity index (χ2v) is 6.85. The maximum atomic E-state index is 12.5. The molecule has 0 unspecified atom stereocenters. The van der Waals surface area contributed by atoms with Crippen LogP contribution in [0, 0.1) is 0 Å². The molecule has 8 heteroatoms. The first-order valence-corrected chi connectivity index (χ1v) is 8.85. The van der Waals surface area contributed by atoms with Gasteiger partial charge in [-0.25, -0.2) is 9.78 Å². The number of carbonyl (C=O) groups is 2. The van der Waals surface area contributed by atoms with Crippen LogP contribution >= 0.6 is 23.2 Å². The van der Waals surface area contributed by atoms with Gasteiger partial charge in [-0.15, -0.1) is 0 Å². The SMILES string of the molecule is O=C(O)c1cccc(CC(=O)N2CCN(c3ncc(Cl)cc3Cl)CC2)c1. The molecular weight excluding hydrogens is 377 g/mol. The Kier molecular flexibility index (Phi) is 5.64. The van der Waals surface area contributed by atoms with Gasteiger partial charge in [-0.2, -0.15) is 0 Å². The number of hydrogen-bond acceptors (Lipinski definition) is 4.